The minimum Gasteiger partial charge on any atom is -0.453 e. The first-order valence-corrected chi connectivity index (χ1v) is 20.4. The van der Waals surface area contributed by atoms with E-state index in [0.717, 1.165) is 40.8 Å². The number of likely N-dealkylation sites (tertiary alicyclic amines) is 2. The number of aromatic nitrogens is 4. The van der Waals surface area contributed by atoms with Gasteiger partial charge in [0.25, 0.3) is 0 Å². The molecule has 316 valence electrons. The molecule has 2 aliphatic rings. The minimum absolute atomic E-state index is 0.0125. The summed E-state index contributed by atoms with van der Waals surface area (Å²) in [6.07, 6.45) is 2.69. The number of amides is 4. The number of carbonyl (C=O) groups excluding carboxylic acids is 4. The molecule has 6 unspecified atom stereocenters. The number of nitrogens with one attached hydrogen (secondary N) is 4. The van der Waals surface area contributed by atoms with Gasteiger partial charge in [-0.2, -0.15) is 0 Å². The van der Waals surface area contributed by atoms with Crippen molar-refractivity contribution in [2.24, 2.45) is 17.8 Å². The summed E-state index contributed by atoms with van der Waals surface area (Å²) in [7, 11) is 4.20. The molecule has 0 saturated carbocycles. The molecular weight excluding hydrogens is 776 g/mol. The normalized spacial score (nSPS) is 20.2. The van der Waals surface area contributed by atoms with E-state index in [2.05, 4.69) is 20.6 Å². The number of ether oxygens (including phenoxy) is 3. The number of alkyl carbamates (subject to hydrolysis) is 2. The first-order chi connectivity index (χ1) is 28.2. The minimum atomic E-state index is -0.777. The molecule has 6 atom stereocenters. The standard InChI is InChI=1S/C43H55ClN8O7/c1-23(2)34(48-42(55)58-7)40(53)51-21-26(22-57-6)19-33(51)39-47-36(37(44)50-39)30-16-12-28(13-17-30)27-10-14-29(15-11-27)31-20-45-38(46-31)32-18-9-25(5)52(32)41(54)35(24(3)4)49-43(56)59-8/h10-17,20,23-26,32-35H,9,18-19,21-22H2,1-8H3,(H,45,46)(H,47,50)(H,48,55)(H,49,56). The van der Waals surface area contributed by atoms with Gasteiger partial charge in [0, 0.05) is 31.2 Å². The number of methoxy groups -OCH3 is 3. The van der Waals surface area contributed by atoms with Crippen LogP contribution in [0.5, 0.6) is 0 Å². The molecule has 0 aliphatic carbocycles. The molecule has 4 aromatic rings. The van der Waals surface area contributed by atoms with E-state index in [1.165, 1.54) is 14.2 Å². The summed E-state index contributed by atoms with van der Waals surface area (Å²) in [6.45, 7) is 10.5. The van der Waals surface area contributed by atoms with Crippen LogP contribution in [-0.2, 0) is 23.8 Å². The molecule has 2 aromatic heterocycles. The van der Waals surface area contributed by atoms with E-state index in [0.29, 0.717) is 42.1 Å². The van der Waals surface area contributed by atoms with Crippen molar-refractivity contribution in [2.45, 2.75) is 84.1 Å². The summed E-state index contributed by atoms with van der Waals surface area (Å²) in [6, 6.07) is 14.0. The Morgan fingerprint density at radius 2 is 1.34 bits per heavy atom. The molecular formula is C43H55ClN8O7. The van der Waals surface area contributed by atoms with Crippen molar-refractivity contribution < 1.29 is 33.4 Å². The van der Waals surface area contributed by atoms with E-state index >= 15 is 0 Å². The summed E-state index contributed by atoms with van der Waals surface area (Å²) in [5.41, 5.74) is 5.18. The summed E-state index contributed by atoms with van der Waals surface area (Å²) in [4.78, 5) is 71.7. The van der Waals surface area contributed by atoms with Crippen LogP contribution in [0, 0.1) is 17.8 Å². The molecule has 4 amide bonds. The fraction of sp³-hybridized carbons (Fsp3) is 0.488. The topological polar surface area (TPSA) is 184 Å². The molecule has 4 heterocycles. The van der Waals surface area contributed by atoms with Crippen LogP contribution in [0.3, 0.4) is 0 Å². The average molecular weight is 831 g/mol. The largest absolute Gasteiger partial charge is 0.453 e. The molecule has 4 N–H and O–H groups in total. The van der Waals surface area contributed by atoms with Crippen molar-refractivity contribution >= 4 is 35.6 Å². The number of halogens is 1. The fourth-order valence-corrected chi connectivity index (χ4v) is 8.43. The van der Waals surface area contributed by atoms with Crippen molar-refractivity contribution in [3.05, 3.63) is 71.5 Å². The highest BCUT2D eigenvalue weighted by Gasteiger charge is 2.43. The highest BCUT2D eigenvalue weighted by molar-refractivity contribution is 6.31. The smallest absolute Gasteiger partial charge is 0.407 e. The molecule has 59 heavy (non-hydrogen) atoms. The van der Waals surface area contributed by atoms with Crippen molar-refractivity contribution in [1.29, 1.82) is 0 Å². The Hall–Kier alpha value is -5.41. The zero-order chi connectivity index (χ0) is 42.5. The van der Waals surface area contributed by atoms with Gasteiger partial charge in [-0.05, 0) is 54.7 Å². The van der Waals surface area contributed by atoms with E-state index in [-0.39, 0.29) is 41.7 Å². The number of H-pyrrole nitrogens is 2. The number of hydrogen-bond acceptors (Lipinski definition) is 9. The van der Waals surface area contributed by atoms with Gasteiger partial charge in [-0.25, -0.2) is 19.6 Å². The van der Waals surface area contributed by atoms with Crippen molar-refractivity contribution in [2.75, 3.05) is 34.5 Å². The number of nitrogens with zero attached hydrogens (tertiary/aromatic N) is 4. The van der Waals surface area contributed by atoms with Gasteiger partial charge in [-0.3, -0.25) is 9.59 Å². The summed E-state index contributed by atoms with van der Waals surface area (Å²) >= 11 is 6.77. The maximum Gasteiger partial charge on any atom is 0.407 e. The van der Waals surface area contributed by atoms with Gasteiger partial charge < -0.3 is 44.6 Å². The summed E-state index contributed by atoms with van der Waals surface area (Å²) in [5, 5.41) is 5.77. The lowest BCUT2D eigenvalue weighted by atomic mass is 10.0. The number of benzene rings is 2. The van der Waals surface area contributed by atoms with Gasteiger partial charge in [-0.15, -0.1) is 0 Å². The quantitative estimate of drug-likeness (QED) is 0.109. The Kier molecular flexibility index (Phi) is 13.7. The molecule has 0 radical (unpaired) electrons. The Labute approximate surface area is 349 Å². The van der Waals surface area contributed by atoms with Crippen LogP contribution in [0.4, 0.5) is 9.59 Å². The van der Waals surface area contributed by atoms with Crippen molar-refractivity contribution in [1.82, 2.24) is 40.4 Å². The lowest BCUT2D eigenvalue weighted by Crippen LogP contribution is -2.52. The second-order valence-electron chi connectivity index (χ2n) is 16.1. The van der Waals surface area contributed by atoms with Gasteiger partial charge in [0.1, 0.15) is 34.6 Å². The SMILES string of the molecule is COCC1CC(c2nc(-c3ccc(-c4ccc(-c5cnc(C6CCC(C)N6C(=O)C(NC(=O)OC)C(C)C)[nH]5)cc4)cc3)c(Cl)[nH]2)N(C(=O)C(NC(=O)OC)C(C)C)C1. The number of hydrogen-bond donors (Lipinski definition) is 4. The van der Waals surface area contributed by atoms with E-state index in [4.69, 9.17) is 35.8 Å². The predicted molar refractivity (Wildman–Crippen MR) is 223 cm³/mol. The maximum absolute atomic E-state index is 13.9. The van der Waals surface area contributed by atoms with Crippen LogP contribution >= 0.6 is 11.6 Å². The highest BCUT2D eigenvalue weighted by atomic mass is 35.5. The third kappa shape index (κ3) is 9.41. The summed E-state index contributed by atoms with van der Waals surface area (Å²) in [5.74, 6) is 0.666. The van der Waals surface area contributed by atoms with Gasteiger partial charge in [0.05, 0.1) is 44.8 Å². The van der Waals surface area contributed by atoms with Gasteiger partial charge in [0.15, 0.2) is 0 Å². The Balaban J connectivity index is 1.16. The fourth-order valence-electron chi connectivity index (χ4n) is 8.18. The Morgan fingerprint density at radius 1 is 0.780 bits per heavy atom. The van der Waals surface area contributed by atoms with Crippen molar-refractivity contribution in [3.8, 4) is 33.6 Å². The number of aromatic amines is 2. The summed E-state index contributed by atoms with van der Waals surface area (Å²) < 4.78 is 15.0. The van der Waals surface area contributed by atoms with E-state index in [1.807, 2.05) is 88.0 Å². The second kappa shape index (κ2) is 18.7. The third-order valence-corrected chi connectivity index (χ3v) is 11.6. The van der Waals surface area contributed by atoms with Crippen LogP contribution < -0.4 is 10.6 Å². The van der Waals surface area contributed by atoms with E-state index in [1.54, 1.807) is 18.2 Å². The van der Waals surface area contributed by atoms with Crippen molar-refractivity contribution in [3.63, 3.8) is 0 Å². The molecule has 0 spiro atoms. The lowest BCUT2D eigenvalue weighted by molar-refractivity contribution is -0.137. The van der Waals surface area contributed by atoms with Gasteiger partial charge in [0.2, 0.25) is 11.8 Å². The van der Waals surface area contributed by atoms with Gasteiger partial charge in [-0.1, -0.05) is 87.8 Å². The zero-order valence-corrected chi connectivity index (χ0v) is 35.6. The molecule has 16 heteroatoms. The monoisotopic (exact) mass is 830 g/mol. The molecule has 2 aliphatic heterocycles. The Bertz CT molecular complexity index is 2100. The molecule has 6 rings (SSSR count). The first kappa shape index (κ1) is 43.2. The van der Waals surface area contributed by atoms with Gasteiger partial charge >= 0.3 is 12.2 Å². The lowest BCUT2D eigenvalue weighted by Gasteiger charge is -2.32. The molecule has 2 saturated heterocycles. The number of imidazole rings is 2. The molecule has 0 bridgehead atoms. The Morgan fingerprint density at radius 3 is 1.90 bits per heavy atom. The number of carbonyl (C=O) groups is 4. The zero-order valence-electron chi connectivity index (χ0n) is 34.9. The van der Waals surface area contributed by atoms with E-state index < -0.39 is 30.3 Å². The van der Waals surface area contributed by atoms with Crippen LogP contribution in [0.1, 0.15) is 77.6 Å². The third-order valence-electron chi connectivity index (χ3n) is 11.4. The predicted octanol–water partition coefficient (Wildman–Crippen LogP) is 7.14. The molecule has 2 fully saturated rings. The molecule has 15 nitrogen and oxygen atoms in total. The van der Waals surface area contributed by atoms with E-state index in [9.17, 15) is 19.2 Å². The first-order valence-electron chi connectivity index (χ1n) is 20.1. The second-order valence-corrected chi connectivity index (χ2v) is 16.5. The average Bonchev–Trinajstić information content (AvgIpc) is 4.04. The van der Waals surface area contributed by atoms with Crippen LogP contribution in [-0.4, -0.2) is 106 Å². The highest BCUT2D eigenvalue weighted by Crippen LogP contribution is 2.39. The maximum atomic E-state index is 13.9. The number of rotatable bonds is 13. The van der Waals surface area contributed by atoms with Crippen LogP contribution in [0.15, 0.2) is 54.7 Å². The van der Waals surface area contributed by atoms with Crippen LogP contribution in [0.2, 0.25) is 5.15 Å². The molecule has 2 aromatic carbocycles. The van der Waals surface area contributed by atoms with Crippen LogP contribution in [0.25, 0.3) is 33.6 Å².